The van der Waals surface area contributed by atoms with E-state index in [4.69, 9.17) is 17.1 Å². The molecule has 1 unspecified atom stereocenters. The zero-order valence-electron chi connectivity index (χ0n) is 8.26. The maximum atomic E-state index is 5.83. The highest BCUT2D eigenvalue weighted by Gasteiger charge is 2.38. The minimum atomic E-state index is -0.660. The molecule has 0 aromatic rings. The van der Waals surface area contributed by atoms with Gasteiger partial charge in [0.15, 0.2) is 0 Å². The lowest BCUT2D eigenvalue weighted by Crippen LogP contribution is -2.46. The molecular weight excluding hydrogens is 184 g/mol. The van der Waals surface area contributed by atoms with Gasteiger partial charge in [0, 0.05) is 11.0 Å². The molecule has 0 amide bonds. The Bertz CT molecular complexity index is 141. The Morgan fingerprint density at radius 3 is 2.50 bits per heavy atom. The summed E-state index contributed by atoms with van der Waals surface area (Å²) in [4.78, 5) is 0. The van der Waals surface area contributed by atoms with Crippen molar-refractivity contribution in [2.45, 2.75) is 44.0 Å². The van der Waals surface area contributed by atoms with Gasteiger partial charge < -0.3 is 4.43 Å². The molecule has 1 fully saturated rings. The van der Waals surface area contributed by atoms with Crippen LogP contribution in [0.15, 0.2) is 0 Å². The summed E-state index contributed by atoms with van der Waals surface area (Å²) < 4.78 is 5.97. The minimum absolute atomic E-state index is 0.144. The highest BCUT2D eigenvalue weighted by Crippen LogP contribution is 2.32. The van der Waals surface area contributed by atoms with E-state index in [1.807, 2.05) is 0 Å². The van der Waals surface area contributed by atoms with Crippen molar-refractivity contribution in [2.75, 3.05) is 6.61 Å². The Labute approximate surface area is 83.0 Å². The van der Waals surface area contributed by atoms with Gasteiger partial charge in [-0.05, 0) is 18.4 Å². The molecule has 1 heterocycles. The number of thiol groups is 1. The van der Waals surface area contributed by atoms with E-state index in [2.05, 4.69) is 20.8 Å². The topological polar surface area (TPSA) is 9.23 Å². The first-order chi connectivity index (χ1) is 5.55. The summed E-state index contributed by atoms with van der Waals surface area (Å²) in [5.41, 5.74) is 0. The predicted molar refractivity (Wildman–Crippen MR) is 58.0 cm³/mol. The smallest absolute Gasteiger partial charge is 0.227 e. The summed E-state index contributed by atoms with van der Waals surface area (Å²) in [6, 6.07) is 1.28. The van der Waals surface area contributed by atoms with Crippen LogP contribution >= 0.6 is 12.6 Å². The van der Waals surface area contributed by atoms with Crippen LogP contribution in [-0.4, -0.2) is 20.0 Å². The zero-order chi connectivity index (χ0) is 9.19. The van der Waals surface area contributed by atoms with E-state index in [-0.39, 0.29) is 4.37 Å². The van der Waals surface area contributed by atoms with Gasteiger partial charge in [-0.2, -0.15) is 12.6 Å². The minimum Gasteiger partial charge on any atom is -0.415 e. The largest absolute Gasteiger partial charge is 0.415 e. The van der Waals surface area contributed by atoms with Crippen LogP contribution in [0.4, 0.5) is 0 Å². The molecule has 1 aliphatic rings. The van der Waals surface area contributed by atoms with Crippen molar-refractivity contribution in [3.05, 3.63) is 0 Å². The summed E-state index contributed by atoms with van der Waals surface area (Å²) in [7, 11) is -0.660. The predicted octanol–water partition coefficient (Wildman–Crippen LogP) is 2.67. The third-order valence-electron chi connectivity index (χ3n) is 2.76. The van der Waals surface area contributed by atoms with Crippen LogP contribution in [-0.2, 0) is 4.43 Å². The van der Waals surface area contributed by atoms with Crippen molar-refractivity contribution < 1.29 is 4.43 Å². The fourth-order valence-corrected chi connectivity index (χ4v) is 4.45. The third-order valence-corrected chi connectivity index (χ3v) is 7.09. The standard InChI is InChI=1S/C9H19OSSi/c1-8(2)9(3,11)12-7-5-4-6-10-12/h8,11H,4-7H2,1-3H3. The average Bonchev–Trinajstić information content (AvgIpc) is 2.06. The molecule has 3 heteroatoms. The van der Waals surface area contributed by atoms with Gasteiger partial charge in [0.2, 0.25) is 9.04 Å². The van der Waals surface area contributed by atoms with Crippen molar-refractivity contribution in [1.29, 1.82) is 0 Å². The van der Waals surface area contributed by atoms with Crippen LogP contribution < -0.4 is 0 Å². The fraction of sp³-hybridized carbons (Fsp3) is 1.00. The van der Waals surface area contributed by atoms with E-state index < -0.39 is 9.04 Å². The van der Waals surface area contributed by atoms with E-state index in [1.54, 1.807) is 0 Å². The molecule has 0 aromatic carbocycles. The lowest BCUT2D eigenvalue weighted by atomic mass is 10.1. The summed E-state index contributed by atoms with van der Waals surface area (Å²) in [6.07, 6.45) is 2.59. The summed E-state index contributed by atoms with van der Waals surface area (Å²) in [6.45, 7) is 7.68. The SMILES string of the molecule is CC(C)C(C)(S)[Si]1CCCCO1. The van der Waals surface area contributed by atoms with Crippen LogP contribution in [0.3, 0.4) is 0 Å². The average molecular weight is 203 g/mol. The number of rotatable bonds is 2. The van der Waals surface area contributed by atoms with Gasteiger partial charge in [0.05, 0.1) is 0 Å². The van der Waals surface area contributed by atoms with E-state index >= 15 is 0 Å². The molecule has 0 bridgehead atoms. The maximum absolute atomic E-state index is 5.83. The Balaban J connectivity index is 2.53. The molecule has 0 aromatic heterocycles. The van der Waals surface area contributed by atoms with Crippen LogP contribution in [0.25, 0.3) is 0 Å². The molecule has 0 aliphatic carbocycles. The molecule has 12 heavy (non-hydrogen) atoms. The Hall–Kier alpha value is 0.527. The Morgan fingerprint density at radius 2 is 2.08 bits per heavy atom. The van der Waals surface area contributed by atoms with Gasteiger partial charge in [-0.1, -0.05) is 27.2 Å². The molecular formula is C9H19OSSi. The van der Waals surface area contributed by atoms with Crippen LogP contribution in [0, 0.1) is 5.92 Å². The lowest BCUT2D eigenvalue weighted by molar-refractivity contribution is 0.271. The second-order valence-electron chi connectivity index (χ2n) is 4.03. The van der Waals surface area contributed by atoms with Gasteiger partial charge >= 0.3 is 0 Å². The van der Waals surface area contributed by atoms with Gasteiger partial charge in [-0.25, -0.2) is 0 Å². The third kappa shape index (κ3) is 2.27. The van der Waals surface area contributed by atoms with Crippen molar-refractivity contribution in [3.8, 4) is 0 Å². The zero-order valence-corrected chi connectivity index (χ0v) is 10.2. The maximum Gasteiger partial charge on any atom is 0.227 e. The van der Waals surface area contributed by atoms with Crippen molar-refractivity contribution in [3.63, 3.8) is 0 Å². The first-order valence-electron chi connectivity index (χ1n) is 4.76. The van der Waals surface area contributed by atoms with Crippen LogP contribution in [0.2, 0.25) is 6.04 Å². The normalized spacial score (nSPS) is 25.8. The molecule has 0 saturated carbocycles. The molecule has 0 N–H and O–H groups in total. The Morgan fingerprint density at radius 1 is 1.42 bits per heavy atom. The second kappa shape index (κ2) is 4.16. The second-order valence-corrected chi connectivity index (χ2v) is 8.05. The highest BCUT2D eigenvalue weighted by molar-refractivity contribution is 7.83. The van der Waals surface area contributed by atoms with Crippen LogP contribution in [0.1, 0.15) is 33.6 Å². The van der Waals surface area contributed by atoms with Gasteiger partial charge in [0.25, 0.3) is 0 Å². The lowest BCUT2D eigenvalue weighted by Gasteiger charge is -2.36. The summed E-state index contributed by atoms with van der Waals surface area (Å²) in [5, 5.41) is 0. The molecule has 1 rings (SSSR count). The highest BCUT2D eigenvalue weighted by atomic mass is 32.1. The first kappa shape index (κ1) is 10.6. The van der Waals surface area contributed by atoms with E-state index in [0.717, 1.165) is 6.61 Å². The first-order valence-corrected chi connectivity index (χ1v) is 6.83. The molecule has 71 valence electrons. The summed E-state index contributed by atoms with van der Waals surface area (Å²) in [5.74, 6) is 0.618. The van der Waals surface area contributed by atoms with Crippen molar-refractivity contribution in [1.82, 2.24) is 0 Å². The molecule has 1 saturated heterocycles. The molecule has 1 aliphatic heterocycles. The Kier molecular flexibility index (Phi) is 3.68. The van der Waals surface area contributed by atoms with Crippen molar-refractivity contribution >= 4 is 21.7 Å². The van der Waals surface area contributed by atoms with Gasteiger partial charge in [-0.15, -0.1) is 0 Å². The van der Waals surface area contributed by atoms with E-state index in [1.165, 1.54) is 18.9 Å². The van der Waals surface area contributed by atoms with Gasteiger partial charge in [-0.3, -0.25) is 0 Å². The molecule has 0 spiro atoms. The number of hydrogen-bond donors (Lipinski definition) is 1. The van der Waals surface area contributed by atoms with E-state index in [9.17, 15) is 0 Å². The number of hydrogen-bond acceptors (Lipinski definition) is 2. The fourth-order valence-electron chi connectivity index (χ4n) is 1.38. The summed E-state index contributed by atoms with van der Waals surface area (Å²) >= 11 is 4.74. The van der Waals surface area contributed by atoms with E-state index in [0.29, 0.717) is 5.92 Å². The monoisotopic (exact) mass is 203 g/mol. The van der Waals surface area contributed by atoms with Crippen LogP contribution in [0.5, 0.6) is 0 Å². The van der Waals surface area contributed by atoms with Gasteiger partial charge in [0.1, 0.15) is 0 Å². The molecule has 1 nitrogen and oxygen atoms in total. The van der Waals surface area contributed by atoms with Crippen molar-refractivity contribution in [2.24, 2.45) is 5.92 Å². The molecule has 1 radical (unpaired) electrons. The quantitative estimate of drug-likeness (QED) is 0.536. The molecule has 1 atom stereocenters.